The van der Waals surface area contributed by atoms with Crippen LogP contribution in [0.2, 0.25) is 0 Å². The minimum absolute atomic E-state index is 0.0648. The third kappa shape index (κ3) is 2.01. The monoisotopic (exact) mass is 291 g/mol. The zero-order valence-corrected chi connectivity index (χ0v) is 11.8. The van der Waals surface area contributed by atoms with Crippen LogP contribution in [0.3, 0.4) is 0 Å². The first-order valence-electron chi connectivity index (χ1n) is 6.10. The lowest BCUT2D eigenvalue weighted by atomic mass is 10.1. The maximum atomic E-state index is 12.0. The minimum Gasteiger partial charge on any atom is -0.398 e. The third-order valence-corrected chi connectivity index (χ3v) is 4.38. The van der Waals surface area contributed by atoms with Crippen LogP contribution >= 0.6 is 24.4 Å². The highest BCUT2D eigenvalue weighted by atomic mass is 32.1. The molecule has 1 aromatic carbocycles. The predicted molar refractivity (Wildman–Crippen MR) is 81.9 cm³/mol. The molecule has 2 heterocycles. The summed E-state index contributed by atoms with van der Waals surface area (Å²) in [6.07, 6.45) is 1.43. The van der Waals surface area contributed by atoms with Crippen molar-refractivity contribution in [3.63, 3.8) is 0 Å². The number of nitrogens with two attached hydrogens (primary N) is 1. The Balaban J connectivity index is 1.90. The topological polar surface area (TPSA) is 58.4 Å². The van der Waals surface area contributed by atoms with Gasteiger partial charge >= 0.3 is 0 Å². The van der Waals surface area contributed by atoms with E-state index < -0.39 is 0 Å². The second kappa shape index (κ2) is 4.54. The van der Waals surface area contributed by atoms with Gasteiger partial charge in [0, 0.05) is 29.8 Å². The average Bonchev–Trinajstić information content (AvgIpc) is 2.69. The molecule has 6 heteroatoms. The van der Waals surface area contributed by atoms with E-state index in [4.69, 9.17) is 30.2 Å². The van der Waals surface area contributed by atoms with Crippen LogP contribution in [0, 0.1) is 0 Å². The second-order valence-corrected chi connectivity index (χ2v) is 5.65. The molecule has 1 amide bonds. The zero-order valence-electron chi connectivity index (χ0n) is 10.2. The molecule has 0 bridgehead atoms. The lowest BCUT2D eigenvalue weighted by Crippen LogP contribution is -2.51. The average molecular weight is 291 g/mol. The van der Waals surface area contributed by atoms with Gasteiger partial charge in [-0.2, -0.15) is 0 Å². The number of nitrogen functional groups attached to an aromatic ring is 1. The SMILES string of the molecule is Nc1cccc2c1CN(C1CCC(=S)NC1=O)C2=S. The molecule has 2 aliphatic rings. The quantitative estimate of drug-likeness (QED) is 0.604. The van der Waals surface area contributed by atoms with Gasteiger partial charge < -0.3 is 16.0 Å². The lowest BCUT2D eigenvalue weighted by molar-refractivity contribution is -0.124. The van der Waals surface area contributed by atoms with E-state index in [9.17, 15) is 4.79 Å². The molecule has 3 rings (SSSR count). The molecule has 4 nitrogen and oxygen atoms in total. The van der Waals surface area contributed by atoms with Crippen LogP contribution in [-0.2, 0) is 11.3 Å². The predicted octanol–water partition coefficient (Wildman–Crippen LogP) is 1.37. The normalized spacial score (nSPS) is 22.4. The van der Waals surface area contributed by atoms with Crippen LogP contribution in [0.4, 0.5) is 5.69 Å². The number of amides is 1. The van der Waals surface area contributed by atoms with Gasteiger partial charge in [-0.25, -0.2) is 0 Å². The van der Waals surface area contributed by atoms with Crippen molar-refractivity contribution in [3.05, 3.63) is 29.3 Å². The summed E-state index contributed by atoms with van der Waals surface area (Å²) in [5.74, 6) is -0.0648. The van der Waals surface area contributed by atoms with Gasteiger partial charge in [-0.15, -0.1) is 0 Å². The van der Waals surface area contributed by atoms with E-state index in [0.29, 0.717) is 22.9 Å². The summed E-state index contributed by atoms with van der Waals surface area (Å²) in [6.45, 7) is 0.603. The van der Waals surface area contributed by atoms with Gasteiger partial charge in [-0.05, 0) is 12.5 Å². The molecule has 1 atom stereocenters. The van der Waals surface area contributed by atoms with E-state index in [0.717, 1.165) is 23.2 Å². The highest BCUT2D eigenvalue weighted by molar-refractivity contribution is 7.80. The number of nitrogens with zero attached hydrogens (tertiary/aromatic N) is 1. The number of anilines is 1. The molecule has 0 radical (unpaired) electrons. The first-order chi connectivity index (χ1) is 9.08. The molecular weight excluding hydrogens is 278 g/mol. The van der Waals surface area contributed by atoms with Crippen LogP contribution < -0.4 is 11.1 Å². The fourth-order valence-electron chi connectivity index (χ4n) is 2.61. The highest BCUT2D eigenvalue weighted by Gasteiger charge is 2.36. The molecule has 1 saturated heterocycles. The van der Waals surface area contributed by atoms with Gasteiger partial charge in [0.1, 0.15) is 11.0 Å². The van der Waals surface area contributed by atoms with Crippen LogP contribution in [0.25, 0.3) is 0 Å². The van der Waals surface area contributed by atoms with Crippen molar-refractivity contribution in [3.8, 4) is 0 Å². The second-order valence-electron chi connectivity index (χ2n) is 4.77. The van der Waals surface area contributed by atoms with Crippen molar-refractivity contribution < 1.29 is 4.79 Å². The molecule has 1 unspecified atom stereocenters. The zero-order chi connectivity index (χ0) is 13.6. The molecule has 98 valence electrons. The maximum absolute atomic E-state index is 12.0. The van der Waals surface area contributed by atoms with Crippen molar-refractivity contribution in [2.24, 2.45) is 0 Å². The largest absolute Gasteiger partial charge is 0.398 e. The minimum atomic E-state index is -0.244. The smallest absolute Gasteiger partial charge is 0.247 e. The van der Waals surface area contributed by atoms with E-state index in [1.165, 1.54) is 0 Å². The van der Waals surface area contributed by atoms with Gasteiger partial charge in [-0.3, -0.25) is 4.79 Å². The van der Waals surface area contributed by atoms with Crippen LogP contribution in [0.1, 0.15) is 24.0 Å². The summed E-state index contributed by atoms with van der Waals surface area (Å²) in [5.41, 5.74) is 8.70. The van der Waals surface area contributed by atoms with Gasteiger partial charge in [-0.1, -0.05) is 36.6 Å². The van der Waals surface area contributed by atoms with E-state index in [1.54, 1.807) is 0 Å². The van der Waals surface area contributed by atoms with Crippen LogP contribution in [0.5, 0.6) is 0 Å². The first-order valence-corrected chi connectivity index (χ1v) is 6.91. The summed E-state index contributed by atoms with van der Waals surface area (Å²) in [7, 11) is 0. The Bertz CT molecular complexity index is 600. The fraction of sp³-hybridized carbons (Fsp3) is 0.308. The number of nitrogens with one attached hydrogen (secondary N) is 1. The summed E-state index contributed by atoms with van der Waals surface area (Å²) >= 11 is 10.5. The maximum Gasteiger partial charge on any atom is 0.247 e. The van der Waals surface area contributed by atoms with Gasteiger partial charge in [0.05, 0.1) is 4.99 Å². The number of carbonyl (C=O) groups excluding carboxylic acids is 1. The Labute approximate surface area is 122 Å². The number of hydrogen-bond donors (Lipinski definition) is 2. The Morgan fingerprint density at radius 3 is 2.84 bits per heavy atom. The third-order valence-electron chi connectivity index (χ3n) is 3.62. The number of carbonyl (C=O) groups is 1. The molecule has 19 heavy (non-hydrogen) atoms. The van der Waals surface area contributed by atoms with Crippen LogP contribution in [-0.4, -0.2) is 26.8 Å². The van der Waals surface area contributed by atoms with Crippen molar-refractivity contribution in [2.45, 2.75) is 25.4 Å². The fourth-order valence-corrected chi connectivity index (χ4v) is 3.21. The van der Waals surface area contributed by atoms with E-state index in [2.05, 4.69) is 5.32 Å². The van der Waals surface area contributed by atoms with Gasteiger partial charge in [0.25, 0.3) is 0 Å². The molecule has 2 aliphatic heterocycles. The molecule has 1 aromatic rings. The first kappa shape index (κ1) is 12.5. The molecule has 3 N–H and O–H groups in total. The standard InChI is InChI=1S/C13H13N3OS2/c14-9-3-1-2-7-8(9)6-16(13(7)19)10-4-5-11(18)15-12(10)17/h1-3,10H,4-6,14H2,(H,15,17,18). The number of piperidine rings is 1. The van der Waals surface area contributed by atoms with Crippen molar-refractivity contribution in [1.29, 1.82) is 0 Å². The Morgan fingerprint density at radius 2 is 2.16 bits per heavy atom. The van der Waals surface area contributed by atoms with Crippen molar-refractivity contribution >= 4 is 46.0 Å². The summed E-state index contributed by atoms with van der Waals surface area (Å²) in [6, 6.07) is 5.46. The number of rotatable bonds is 1. The molecule has 0 spiro atoms. The molecule has 1 fully saturated rings. The Kier molecular flexibility index (Phi) is 2.99. The van der Waals surface area contributed by atoms with E-state index >= 15 is 0 Å². The number of fused-ring (bicyclic) bond motifs is 1. The molecule has 0 aliphatic carbocycles. The Morgan fingerprint density at radius 1 is 1.37 bits per heavy atom. The molecular formula is C13H13N3OS2. The Hall–Kier alpha value is -1.53. The molecule has 0 saturated carbocycles. The number of thiocarbonyl (C=S) groups is 2. The van der Waals surface area contributed by atoms with E-state index in [1.807, 2.05) is 23.1 Å². The van der Waals surface area contributed by atoms with Crippen molar-refractivity contribution in [2.75, 3.05) is 5.73 Å². The summed E-state index contributed by atoms with van der Waals surface area (Å²) < 4.78 is 0. The number of benzene rings is 1. The summed E-state index contributed by atoms with van der Waals surface area (Å²) in [5, 5.41) is 2.73. The van der Waals surface area contributed by atoms with Crippen LogP contribution in [0.15, 0.2) is 18.2 Å². The number of hydrogen-bond acceptors (Lipinski definition) is 4. The lowest BCUT2D eigenvalue weighted by Gasteiger charge is -2.31. The highest BCUT2D eigenvalue weighted by Crippen LogP contribution is 2.31. The van der Waals surface area contributed by atoms with Gasteiger partial charge in [0.2, 0.25) is 5.91 Å². The summed E-state index contributed by atoms with van der Waals surface area (Å²) in [4.78, 5) is 15.3. The molecule has 0 aromatic heterocycles. The van der Waals surface area contributed by atoms with Gasteiger partial charge in [0.15, 0.2) is 0 Å². The van der Waals surface area contributed by atoms with E-state index in [-0.39, 0.29) is 11.9 Å². The van der Waals surface area contributed by atoms with Crippen molar-refractivity contribution in [1.82, 2.24) is 10.2 Å².